The number of amides is 1. The first-order valence-corrected chi connectivity index (χ1v) is 7.35. The van der Waals surface area contributed by atoms with Crippen molar-refractivity contribution in [2.45, 2.75) is 26.8 Å². The van der Waals surface area contributed by atoms with Crippen LogP contribution in [0.25, 0.3) is 0 Å². The van der Waals surface area contributed by atoms with Crippen LogP contribution in [0.4, 0.5) is 0 Å². The van der Waals surface area contributed by atoms with E-state index >= 15 is 0 Å². The minimum Gasteiger partial charge on any atom is -0.480 e. The number of aromatic nitrogens is 2. The molecule has 0 unspecified atom stereocenters. The van der Waals surface area contributed by atoms with Crippen LogP contribution in [-0.4, -0.2) is 69.3 Å². The molecule has 7 heteroatoms. The number of carboxylic acid groups (broad SMARTS) is 1. The summed E-state index contributed by atoms with van der Waals surface area (Å²) in [5.41, 5.74) is 1.55. The molecular formula is C14H22N4O3. The van der Waals surface area contributed by atoms with Crippen molar-refractivity contribution >= 4 is 11.9 Å². The standard InChI is InChI=1S/C14H22N4O3/c1-3-11-9-12(18(4-2)15-11)14(21)17-7-5-16(6-8-17)10-13(19)20/h9H,3-8,10H2,1-2H3,(H,19,20). The number of hydrogen-bond acceptors (Lipinski definition) is 4. The monoisotopic (exact) mass is 294 g/mol. The van der Waals surface area contributed by atoms with Gasteiger partial charge in [0.1, 0.15) is 5.69 Å². The summed E-state index contributed by atoms with van der Waals surface area (Å²) < 4.78 is 1.74. The molecule has 7 nitrogen and oxygen atoms in total. The van der Waals surface area contributed by atoms with Gasteiger partial charge in [-0.25, -0.2) is 0 Å². The lowest BCUT2D eigenvalue weighted by atomic mass is 10.2. The van der Waals surface area contributed by atoms with Gasteiger partial charge in [0.15, 0.2) is 0 Å². The predicted molar refractivity (Wildman–Crippen MR) is 77.3 cm³/mol. The molecule has 116 valence electrons. The summed E-state index contributed by atoms with van der Waals surface area (Å²) in [4.78, 5) is 26.9. The van der Waals surface area contributed by atoms with Crippen LogP contribution in [0.1, 0.15) is 30.0 Å². The van der Waals surface area contributed by atoms with Crippen molar-refractivity contribution in [3.8, 4) is 0 Å². The van der Waals surface area contributed by atoms with Gasteiger partial charge < -0.3 is 10.0 Å². The molecule has 1 amide bonds. The highest BCUT2D eigenvalue weighted by molar-refractivity contribution is 5.92. The van der Waals surface area contributed by atoms with Crippen molar-refractivity contribution in [1.82, 2.24) is 19.6 Å². The number of carboxylic acids is 1. The van der Waals surface area contributed by atoms with E-state index < -0.39 is 5.97 Å². The second kappa shape index (κ2) is 6.71. The van der Waals surface area contributed by atoms with Gasteiger partial charge in [-0.2, -0.15) is 5.10 Å². The second-order valence-corrected chi connectivity index (χ2v) is 5.15. The number of rotatable bonds is 5. The number of carbonyl (C=O) groups is 2. The van der Waals surface area contributed by atoms with Crippen LogP contribution < -0.4 is 0 Å². The van der Waals surface area contributed by atoms with Crippen LogP contribution in [0.2, 0.25) is 0 Å². The van der Waals surface area contributed by atoms with Crippen LogP contribution in [0, 0.1) is 0 Å². The van der Waals surface area contributed by atoms with Gasteiger partial charge in [-0.3, -0.25) is 19.2 Å². The third-order valence-electron chi connectivity index (χ3n) is 3.73. The molecule has 1 N–H and O–H groups in total. The molecule has 1 aliphatic heterocycles. The molecule has 0 bridgehead atoms. The molecule has 0 radical (unpaired) electrons. The minimum absolute atomic E-state index is 0.0148. The van der Waals surface area contributed by atoms with Gasteiger partial charge in [-0.1, -0.05) is 6.92 Å². The van der Waals surface area contributed by atoms with Crippen LogP contribution in [0.3, 0.4) is 0 Å². The van der Waals surface area contributed by atoms with Crippen LogP contribution in [0.15, 0.2) is 6.07 Å². The lowest BCUT2D eigenvalue weighted by molar-refractivity contribution is -0.138. The van der Waals surface area contributed by atoms with E-state index in [1.807, 2.05) is 24.8 Å². The Morgan fingerprint density at radius 2 is 1.90 bits per heavy atom. The molecule has 1 aromatic heterocycles. The zero-order chi connectivity index (χ0) is 15.4. The minimum atomic E-state index is -0.827. The van der Waals surface area contributed by atoms with Crippen molar-refractivity contribution in [2.24, 2.45) is 0 Å². The molecule has 0 aromatic carbocycles. The van der Waals surface area contributed by atoms with Crippen molar-refractivity contribution in [1.29, 1.82) is 0 Å². The molecule has 1 aliphatic rings. The Labute approximate surface area is 124 Å². The number of aliphatic carboxylic acids is 1. The highest BCUT2D eigenvalue weighted by Crippen LogP contribution is 2.11. The van der Waals surface area contributed by atoms with Crippen molar-refractivity contribution in [3.05, 3.63) is 17.5 Å². The van der Waals surface area contributed by atoms with E-state index in [1.165, 1.54) is 0 Å². The van der Waals surface area contributed by atoms with Gasteiger partial charge in [0, 0.05) is 32.7 Å². The third kappa shape index (κ3) is 3.60. The van der Waals surface area contributed by atoms with Gasteiger partial charge in [-0.05, 0) is 19.4 Å². The van der Waals surface area contributed by atoms with E-state index in [0.717, 1.165) is 12.1 Å². The van der Waals surface area contributed by atoms with Gasteiger partial charge in [0.05, 0.1) is 12.2 Å². The largest absolute Gasteiger partial charge is 0.480 e. The Balaban J connectivity index is 2.01. The summed E-state index contributed by atoms with van der Waals surface area (Å²) in [6.45, 7) is 6.99. The first-order chi connectivity index (χ1) is 10.0. The summed E-state index contributed by atoms with van der Waals surface area (Å²) in [5, 5.41) is 13.2. The first-order valence-electron chi connectivity index (χ1n) is 7.35. The van der Waals surface area contributed by atoms with E-state index in [2.05, 4.69) is 5.10 Å². The Bertz CT molecular complexity index is 518. The van der Waals surface area contributed by atoms with Crippen LogP contribution >= 0.6 is 0 Å². The maximum Gasteiger partial charge on any atom is 0.317 e. The SMILES string of the molecule is CCc1cc(C(=O)N2CCN(CC(=O)O)CC2)n(CC)n1. The van der Waals surface area contributed by atoms with E-state index in [0.29, 0.717) is 38.4 Å². The Morgan fingerprint density at radius 3 is 2.43 bits per heavy atom. The first kappa shape index (κ1) is 15.5. The highest BCUT2D eigenvalue weighted by atomic mass is 16.4. The van der Waals surface area contributed by atoms with Gasteiger partial charge in [0.2, 0.25) is 0 Å². The van der Waals surface area contributed by atoms with Crippen molar-refractivity contribution in [3.63, 3.8) is 0 Å². The number of aryl methyl sites for hydroxylation is 2. The molecule has 0 spiro atoms. The normalized spacial score (nSPS) is 16.2. The smallest absolute Gasteiger partial charge is 0.317 e. The van der Waals surface area contributed by atoms with Crippen LogP contribution in [0.5, 0.6) is 0 Å². The second-order valence-electron chi connectivity index (χ2n) is 5.15. The molecule has 2 heterocycles. The average molecular weight is 294 g/mol. The Hall–Kier alpha value is -1.89. The summed E-state index contributed by atoms with van der Waals surface area (Å²) in [6.07, 6.45) is 0.805. The van der Waals surface area contributed by atoms with Crippen molar-refractivity contribution in [2.75, 3.05) is 32.7 Å². The van der Waals surface area contributed by atoms with E-state index in [-0.39, 0.29) is 12.5 Å². The van der Waals surface area contributed by atoms with Crippen LogP contribution in [-0.2, 0) is 17.8 Å². The maximum atomic E-state index is 12.6. The zero-order valence-electron chi connectivity index (χ0n) is 12.6. The number of hydrogen-bond donors (Lipinski definition) is 1. The number of nitrogens with zero attached hydrogens (tertiary/aromatic N) is 4. The van der Waals surface area contributed by atoms with E-state index in [4.69, 9.17) is 5.11 Å². The maximum absolute atomic E-state index is 12.6. The lowest BCUT2D eigenvalue weighted by Crippen LogP contribution is -2.50. The van der Waals surface area contributed by atoms with Gasteiger partial charge in [-0.15, -0.1) is 0 Å². The number of piperazine rings is 1. The molecule has 21 heavy (non-hydrogen) atoms. The molecule has 2 rings (SSSR count). The molecule has 0 aliphatic carbocycles. The quantitative estimate of drug-likeness (QED) is 0.845. The Kier molecular flexibility index (Phi) is 4.95. The molecule has 0 saturated carbocycles. The topological polar surface area (TPSA) is 78.7 Å². The predicted octanol–water partition coefficient (Wildman–Crippen LogP) is 0.308. The fraction of sp³-hybridized carbons (Fsp3) is 0.643. The fourth-order valence-corrected chi connectivity index (χ4v) is 2.52. The van der Waals surface area contributed by atoms with E-state index in [1.54, 1.807) is 9.58 Å². The molecule has 1 aromatic rings. The van der Waals surface area contributed by atoms with Gasteiger partial charge in [0.25, 0.3) is 5.91 Å². The Morgan fingerprint density at radius 1 is 1.24 bits per heavy atom. The third-order valence-corrected chi connectivity index (χ3v) is 3.73. The van der Waals surface area contributed by atoms with Crippen molar-refractivity contribution < 1.29 is 14.7 Å². The zero-order valence-corrected chi connectivity index (χ0v) is 12.6. The summed E-state index contributed by atoms with van der Waals surface area (Å²) in [7, 11) is 0. The lowest BCUT2D eigenvalue weighted by Gasteiger charge is -2.33. The number of carbonyl (C=O) groups excluding carboxylic acids is 1. The summed E-state index contributed by atoms with van der Waals surface area (Å²) in [5.74, 6) is -0.842. The fourth-order valence-electron chi connectivity index (χ4n) is 2.52. The van der Waals surface area contributed by atoms with Gasteiger partial charge >= 0.3 is 5.97 Å². The molecule has 0 atom stereocenters. The highest BCUT2D eigenvalue weighted by Gasteiger charge is 2.25. The molecule has 1 fully saturated rings. The summed E-state index contributed by atoms with van der Waals surface area (Å²) in [6, 6.07) is 1.86. The summed E-state index contributed by atoms with van der Waals surface area (Å²) >= 11 is 0. The molecular weight excluding hydrogens is 272 g/mol. The van der Waals surface area contributed by atoms with E-state index in [9.17, 15) is 9.59 Å². The average Bonchev–Trinajstić information content (AvgIpc) is 2.90. The molecule has 1 saturated heterocycles.